The molecule has 0 aromatic carbocycles. The van der Waals surface area contributed by atoms with Crippen molar-refractivity contribution in [1.29, 1.82) is 0 Å². The van der Waals surface area contributed by atoms with Crippen LogP contribution in [0.25, 0.3) is 0 Å². The SMILES string of the molecule is O=C1OC2CC1(F)CCC2I. The standard InChI is InChI=1S/C7H8FIO2/c8-7-2-1-4(9)5(3-7)11-6(7)10/h4-5H,1-3H2. The molecule has 4 heteroatoms. The Morgan fingerprint density at radius 2 is 2.45 bits per heavy atom. The zero-order valence-electron chi connectivity index (χ0n) is 5.85. The van der Waals surface area contributed by atoms with Crippen molar-refractivity contribution in [3.05, 3.63) is 0 Å². The van der Waals surface area contributed by atoms with E-state index in [2.05, 4.69) is 22.6 Å². The lowest BCUT2D eigenvalue weighted by Gasteiger charge is -2.23. The molecule has 0 spiro atoms. The molecule has 0 radical (unpaired) electrons. The van der Waals surface area contributed by atoms with E-state index in [0.29, 0.717) is 10.3 Å². The fourth-order valence-corrected chi connectivity index (χ4v) is 2.36. The van der Waals surface area contributed by atoms with Crippen LogP contribution in [0.15, 0.2) is 0 Å². The molecule has 0 N–H and O–H groups in total. The molecule has 2 bridgehead atoms. The summed E-state index contributed by atoms with van der Waals surface area (Å²) in [5.74, 6) is -0.637. The number of ether oxygens (including phenoxy) is 1. The molecule has 2 aliphatic rings. The summed E-state index contributed by atoms with van der Waals surface area (Å²) >= 11 is 2.22. The van der Waals surface area contributed by atoms with Crippen molar-refractivity contribution in [3.8, 4) is 0 Å². The summed E-state index contributed by atoms with van der Waals surface area (Å²) < 4.78 is 18.6. The van der Waals surface area contributed by atoms with Crippen molar-refractivity contribution in [2.75, 3.05) is 0 Å². The zero-order chi connectivity index (χ0) is 8.06. The van der Waals surface area contributed by atoms with Gasteiger partial charge in [0.1, 0.15) is 6.10 Å². The predicted octanol–water partition coefficient (Wildman–Crippen LogP) is 1.61. The minimum Gasteiger partial charge on any atom is -0.459 e. The Morgan fingerprint density at radius 3 is 3.09 bits per heavy atom. The number of fused-ring (bicyclic) bond motifs is 2. The summed E-state index contributed by atoms with van der Waals surface area (Å²) in [6, 6.07) is 0. The van der Waals surface area contributed by atoms with Gasteiger partial charge in [-0.15, -0.1) is 0 Å². The molecule has 1 heterocycles. The van der Waals surface area contributed by atoms with Crippen LogP contribution in [0.5, 0.6) is 0 Å². The normalized spacial score (nSPS) is 49.1. The van der Waals surface area contributed by atoms with E-state index in [1.165, 1.54) is 0 Å². The van der Waals surface area contributed by atoms with E-state index in [0.717, 1.165) is 6.42 Å². The largest absolute Gasteiger partial charge is 0.459 e. The highest BCUT2D eigenvalue weighted by Crippen LogP contribution is 2.43. The van der Waals surface area contributed by atoms with Crippen LogP contribution in [-0.4, -0.2) is 21.7 Å². The fraction of sp³-hybridized carbons (Fsp3) is 0.857. The third-order valence-corrected chi connectivity index (χ3v) is 3.79. The Morgan fingerprint density at radius 1 is 1.73 bits per heavy atom. The topological polar surface area (TPSA) is 26.3 Å². The van der Waals surface area contributed by atoms with Crippen molar-refractivity contribution < 1.29 is 13.9 Å². The fourth-order valence-electron chi connectivity index (χ4n) is 1.65. The van der Waals surface area contributed by atoms with Gasteiger partial charge in [-0.1, -0.05) is 22.6 Å². The molecule has 3 unspecified atom stereocenters. The highest BCUT2D eigenvalue weighted by atomic mass is 127. The number of rotatable bonds is 0. The second-order valence-electron chi connectivity index (χ2n) is 3.17. The highest BCUT2D eigenvalue weighted by molar-refractivity contribution is 14.1. The van der Waals surface area contributed by atoms with E-state index in [4.69, 9.17) is 4.74 Å². The number of halogens is 2. The summed E-state index contributed by atoms with van der Waals surface area (Å²) in [6.45, 7) is 0. The van der Waals surface area contributed by atoms with Crippen molar-refractivity contribution in [2.24, 2.45) is 0 Å². The molecular formula is C7H8FIO2. The Bertz CT molecular complexity index is 209. The lowest BCUT2D eigenvalue weighted by molar-refractivity contribution is -0.148. The zero-order valence-corrected chi connectivity index (χ0v) is 8.01. The average Bonchev–Trinajstić information content (AvgIpc) is 2.20. The number of alkyl halides is 2. The Balaban J connectivity index is 2.24. The van der Waals surface area contributed by atoms with Gasteiger partial charge in [0.2, 0.25) is 5.67 Å². The van der Waals surface area contributed by atoms with Crippen LogP contribution in [0.2, 0.25) is 0 Å². The van der Waals surface area contributed by atoms with Crippen LogP contribution in [0.4, 0.5) is 4.39 Å². The van der Waals surface area contributed by atoms with Gasteiger partial charge in [-0.3, -0.25) is 0 Å². The Kier molecular flexibility index (Phi) is 1.63. The van der Waals surface area contributed by atoms with E-state index in [9.17, 15) is 9.18 Å². The van der Waals surface area contributed by atoms with Gasteiger partial charge in [-0.25, -0.2) is 9.18 Å². The maximum Gasteiger partial charge on any atom is 0.344 e. The quantitative estimate of drug-likeness (QED) is 0.380. The Labute approximate surface area is 77.6 Å². The first kappa shape index (κ1) is 7.76. The monoisotopic (exact) mass is 270 g/mol. The van der Waals surface area contributed by atoms with E-state index < -0.39 is 11.6 Å². The highest BCUT2D eigenvalue weighted by Gasteiger charge is 2.54. The first-order valence-electron chi connectivity index (χ1n) is 3.66. The van der Waals surface area contributed by atoms with Gasteiger partial charge in [0.25, 0.3) is 0 Å². The number of esters is 1. The minimum absolute atomic E-state index is 0.165. The molecule has 1 saturated carbocycles. The molecule has 1 aliphatic carbocycles. The van der Waals surface area contributed by atoms with Crippen molar-refractivity contribution in [1.82, 2.24) is 0 Å². The molecule has 1 saturated heterocycles. The average molecular weight is 270 g/mol. The van der Waals surface area contributed by atoms with Crippen LogP contribution in [0.3, 0.4) is 0 Å². The van der Waals surface area contributed by atoms with Gasteiger partial charge < -0.3 is 4.74 Å². The van der Waals surface area contributed by atoms with E-state index >= 15 is 0 Å². The third kappa shape index (κ3) is 1.06. The maximum absolute atomic E-state index is 13.4. The van der Waals surface area contributed by atoms with Gasteiger partial charge in [0.05, 0.1) is 0 Å². The molecule has 2 nitrogen and oxygen atoms in total. The molecular weight excluding hydrogens is 262 g/mol. The van der Waals surface area contributed by atoms with Crippen molar-refractivity contribution >= 4 is 28.6 Å². The summed E-state index contributed by atoms with van der Waals surface area (Å²) in [6.07, 6.45) is 1.21. The van der Waals surface area contributed by atoms with E-state index in [1.54, 1.807) is 0 Å². The molecule has 11 heavy (non-hydrogen) atoms. The van der Waals surface area contributed by atoms with Crippen LogP contribution in [0.1, 0.15) is 19.3 Å². The van der Waals surface area contributed by atoms with Gasteiger partial charge in [0, 0.05) is 10.3 Å². The number of hydrogen-bond donors (Lipinski definition) is 0. The number of carbonyl (C=O) groups is 1. The van der Waals surface area contributed by atoms with Crippen LogP contribution >= 0.6 is 22.6 Å². The van der Waals surface area contributed by atoms with Gasteiger partial charge >= 0.3 is 5.97 Å². The molecule has 3 atom stereocenters. The third-order valence-electron chi connectivity index (χ3n) is 2.37. The maximum atomic E-state index is 13.4. The predicted molar refractivity (Wildman–Crippen MR) is 45.4 cm³/mol. The van der Waals surface area contributed by atoms with Gasteiger partial charge in [-0.2, -0.15) is 0 Å². The van der Waals surface area contributed by atoms with E-state index in [-0.39, 0.29) is 12.5 Å². The molecule has 0 amide bonds. The number of carbonyl (C=O) groups excluding carboxylic acids is 1. The van der Waals surface area contributed by atoms with Crippen LogP contribution < -0.4 is 0 Å². The summed E-state index contributed by atoms with van der Waals surface area (Å²) in [4.78, 5) is 10.9. The summed E-state index contributed by atoms with van der Waals surface area (Å²) in [5.41, 5.74) is -1.63. The first-order chi connectivity index (χ1) is 5.12. The summed E-state index contributed by atoms with van der Waals surface area (Å²) in [5, 5.41) is 0. The summed E-state index contributed by atoms with van der Waals surface area (Å²) in [7, 11) is 0. The lowest BCUT2D eigenvalue weighted by Crippen LogP contribution is -2.33. The molecule has 1 aliphatic heterocycles. The molecule has 0 aromatic rings. The van der Waals surface area contributed by atoms with Crippen LogP contribution in [0, 0.1) is 0 Å². The van der Waals surface area contributed by atoms with E-state index in [1.807, 2.05) is 0 Å². The number of hydrogen-bond acceptors (Lipinski definition) is 2. The lowest BCUT2D eigenvalue weighted by atomic mass is 9.88. The second-order valence-corrected chi connectivity index (χ2v) is 4.77. The van der Waals surface area contributed by atoms with Crippen LogP contribution in [-0.2, 0) is 9.53 Å². The Hall–Kier alpha value is 0.130. The van der Waals surface area contributed by atoms with Gasteiger partial charge in [-0.05, 0) is 12.8 Å². The second kappa shape index (κ2) is 2.31. The molecule has 2 rings (SSSR count). The minimum atomic E-state index is -1.63. The van der Waals surface area contributed by atoms with Crippen molar-refractivity contribution in [3.63, 3.8) is 0 Å². The first-order valence-corrected chi connectivity index (χ1v) is 4.90. The molecule has 0 aromatic heterocycles. The van der Waals surface area contributed by atoms with Crippen molar-refractivity contribution in [2.45, 2.75) is 35.0 Å². The molecule has 62 valence electrons. The molecule has 2 fully saturated rings. The van der Waals surface area contributed by atoms with Gasteiger partial charge in [0.15, 0.2) is 0 Å². The smallest absolute Gasteiger partial charge is 0.344 e.